The van der Waals surface area contributed by atoms with Crippen LogP contribution in [0.2, 0.25) is 0 Å². The number of benzene rings is 1. The van der Waals surface area contributed by atoms with Crippen LogP contribution in [0.4, 0.5) is 5.69 Å². The maximum Gasteiger partial charge on any atom is 0.107 e. The number of allylic oxidation sites excluding steroid dienone is 1. The molecule has 0 amide bonds. The summed E-state index contributed by atoms with van der Waals surface area (Å²) < 4.78 is -0.400. The van der Waals surface area contributed by atoms with Crippen molar-refractivity contribution < 1.29 is 20.0 Å². The third kappa shape index (κ3) is 4.43. The summed E-state index contributed by atoms with van der Waals surface area (Å²) in [7, 11) is 0. The fourth-order valence-electron chi connectivity index (χ4n) is 9.44. The zero-order valence-corrected chi connectivity index (χ0v) is 25.5. The molecule has 216 valence electrons. The van der Waals surface area contributed by atoms with Crippen LogP contribution in [0.1, 0.15) is 92.4 Å². The minimum Gasteiger partial charge on any atom is -0.393 e. The van der Waals surface area contributed by atoms with Gasteiger partial charge in [-0.1, -0.05) is 38.5 Å². The van der Waals surface area contributed by atoms with E-state index in [4.69, 9.17) is 9.78 Å². The van der Waals surface area contributed by atoms with Gasteiger partial charge in [-0.3, -0.25) is 0 Å². The van der Waals surface area contributed by atoms with E-state index in [-0.39, 0.29) is 16.9 Å². The number of thioether (sulfide) groups is 1. The molecule has 4 fully saturated rings. The minimum atomic E-state index is -0.884. The van der Waals surface area contributed by atoms with Crippen LogP contribution in [-0.4, -0.2) is 52.0 Å². The van der Waals surface area contributed by atoms with Crippen molar-refractivity contribution in [3.05, 3.63) is 35.9 Å². The van der Waals surface area contributed by atoms with Crippen LogP contribution in [0.3, 0.4) is 0 Å². The van der Waals surface area contributed by atoms with E-state index >= 15 is 0 Å². The van der Waals surface area contributed by atoms with Crippen molar-refractivity contribution in [1.82, 2.24) is 0 Å². The van der Waals surface area contributed by atoms with Gasteiger partial charge in [0.2, 0.25) is 0 Å². The van der Waals surface area contributed by atoms with Crippen molar-refractivity contribution in [3.8, 4) is 0 Å². The summed E-state index contributed by atoms with van der Waals surface area (Å²) in [5, 5.41) is 23.9. The van der Waals surface area contributed by atoms with Crippen molar-refractivity contribution in [2.75, 3.05) is 24.6 Å². The highest BCUT2D eigenvalue weighted by Gasteiger charge is 2.67. The van der Waals surface area contributed by atoms with E-state index < -0.39 is 15.9 Å². The molecular weight excluding hydrogens is 506 g/mol. The maximum atomic E-state index is 12.9. The Hall–Kier alpha value is -1.05. The molecule has 1 heterocycles. The van der Waals surface area contributed by atoms with E-state index in [9.17, 15) is 10.2 Å². The number of rotatable bonds is 5. The maximum absolute atomic E-state index is 12.9. The van der Waals surface area contributed by atoms with Crippen molar-refractivity contribution >= 4 is 17.4 Å². The average molecular weight is 556 g/mol. The first kappa shape index (κ1) is 28.1. The second kappa shape index (κ2) is 9.76. The molecular formula is C33H49NO4S. The highest BCUT2D eigenvalue weighted by Crippen LogP contribution is 2.68. The molecule has 2 N–H and O–H groups in total. The molecule has 1 saturated heterocycles. The van der Waals surface area contributed by atoms with Gasteiger partial charge in [0, 0.05) is 35.5 Å². The van der Waals surface area contributed by atoms with Gasteiger partial charge in [0.1, 0.15) is 5.60 Å². The van der Waals surface area contributed by atoms with Crippen LogP contribution >= 0.6 is 11.8 Å². The first-order valence-corrected chi connectivity index (χ1v) is 16.3. The Bertz CT molecular complexity index is 1120. The molecule has 1 aromatic rings. The monoisotopic (exact) mass is 555 g/mol. The summed E-state index contributed by atoms with van der Waals surface area (Å²) in [4.78, 5) is 15.5. The Morgan fingerprint density at radius 3 is 2.56 bits per heavy atom. The summed E-state index contributed by atoms with van der Waals surface area (Å²) in [6.45, 7) is 13.8. The molecule has 0 aromatic heterocycles. The molecule has 4 aliphatic carbocycles. The van der Waals surface area contributed by atoms with Crippen LogP contribution in [0.25, 0.3) is 0 Å². The molecule has 0 bridgehead atoms. The topological polar surface area (TPSA) is 62.2 Å². The van der Waals surface area contributed by atoms with E-state index in [0.29, 0.717) is 24.9 Å². The van der Waals surface area contributed by atoms with Gasteiger partial charge in [-0.05, 0) is 101 Å². The van der Waals surface area contributed by atoms with Gasteiger partial charge < -0.3 is 15.1 Å². The number of anilines is 1. The van der Waals surface area contributed by atoms with E-state index in [1.54, 1.807) is 0 Å². The van der Waals surface area contributed by atoms with Gasteiger partial charge in [-0.2, -0.15) is 0 Å². The number of hydrogen-bond donors (Lipinski definition) is 2. The molecule has 6 heteroatoms. The Morgan fingerprint density at radius 2 is 1.82 bits per heavy atom. The summed E-state index contributed by atoms with van der Waals surface area (Å²) in [6.07, 6.45) is 10.2. The number of hydrogen-bond acceptors (Lipinski definition) is 6. The van der Waals surface area contributed by atoms with Crippen LogP contribution in [-0.2, 0) is 9.78 Å². The van der Waals surface area contributed by atoms with E-state index in [0.717, 1.165) is 64.5 Å². The molecule has 7 atom stereocenters. The standard InChI is InChI=1S/C33H49NO4S/c1-6-34(7-2)23-9-8-10-24(19-23)39-33-18-17-31(20-29(3,4)22-37-38-31)21-32(33,36)16-13-25-26-11-12-28(35)30(26,5)15-14-27(25)33/h8-10,14,19,25-26,28,35-36H,6-7,11-13,15-18,20-22H2,1-5H3/t25-,26-,28-,30-,31?,32+,33-/m0/s1. The van der Waals surface area contributed by atoms with Crippen molar-refractivity contribution in [1.29, 1.82) is 0 Å². The van der Waals surface area contributed by atoms with E-state index in [1.165, 1.54) is 16.2 Å². The lowest BCUT2D eigenvalue weighted by molar-refractivity contribution is -0.417. The third-order valence-electron chi connectivity index (χ3n) is 11.4. The third-order valence-corrected chi connectivity index (χ3v) is 13.0. The van der Waals surface area contributed by atoms with Crippen molar-refractivity contribution in [3.63, 3.8) is 0 Å². The lowest BCUT2D eigenvalue weighted by Crippen LogP contribution is -2.67. The smallest absolute Gasteiger partial charge is 0.107 e. The van der Waals surface area contributed by atoms with Crippen molar-refractivity contribution in [2.24, 2.45) is 22.7 Å². The van der Waals surface area contributed by atoms with Gasteiger partial charge in [0.25, 0.3) is 0 Å². The first-order valence-electron chi connectivity index (χ1n) is 15.4. The Morgan fingerprint density at radius 1 is 1.03 bits per heavy atom. The van der Waals surface area contributed by atoms with Crippen LogP contribution in [0, 0.1) is 22.7 Å². The zero-order valence-electron chi connectivity index (χ0n) is 24.7. The predicted octanol–water partition coefficient (Wildman–Crippen LogP) is 6.91. The highest BCUT2D eigenvalue weighted by atomic mass is 32.2. The minimum absolute atomic E-state index is 0.0307. The largest absolute Gasteiger partial charge is 0.393 e. The molecule has 6 rings (SSSR count). The zero-order chi connectivity index (χ0) is 27.7. The van der Waals surface area contributed by atoms with Gasteiger partial charge in [0.15, 0.2) is 0 Å². The first-order chi connectivity index (χ1) is 18.5. The Kier molecular flexibility index (Phi) is 7.03. The highest BCUT2D eigenvalue weighted by molar-refractivity contribution is 8.01. The molecule has 1 aliphatic heterocycles. The summed E-state index contributed by atoms with van der Waals surface area (Å²) in [5.74, 6) is 0.911. The fourth-order valence-corrected chi connectivity index (χ4v) is 11.1. The quantitative estimate of drug-likeness (QED) is 0.304. The number of nitrogens with zero attached hydrogens (tertiary/aromatic N) is 1. The lowest BCUT2D eigenvalue weighted by atomic mass is 9.51. The summed E-state index contributed by atoms with van der Waals surface area (Å²) in [5.41, 5.74) is 1.37. The Balaban J connectivity index is 1.42. The molecule has 5 aliphatic rings. The summed E-state index contributed by atoms with van der Waals surface area (Å²) in [6, 6.07) is 8.95. The predicted molar refractivity (Wildman–Crippen MR) is 158 cm³/mol. The van der Waals surface area contributed by atoms with E-state index in [2.05, 4.69) is 69.9 Å². The molecule has 0 radical (unpaired) electrons. The molecule has 5 nitrogen and oxygen atoms in total. The number of aliphatic hydroxyl groups excluding tert-OH is 1. The SMILES string of the molecule is CCN(CC)c1cccc(S[C@]23CCC4(CC(C)(C)COO4)C[C@]2(O)CC[C@@H]2C3=CC[C@]3(C)[C@@H](O)CC[C@@H]23)c1. The molecule has 3 saturated carbocycles. The van der Waals surface area contributed by atoms with Gasteiger partial charge >= 0.3 is 0 Å². The average Bonchev–Trinajstić information content (AvgIpc) is 3.19. The Labute approximate surface area is 239 Å². The second-order valence-electron chi connectivity index (χ2n) is 14.4. The normalized spacial score (nSPS) is 42.8. The summed E-state index contributed by atoms with van der Waals surface area (Å²) >= 11 is 1.91. The van der Waals surface area contributed by atoms with Gasteiger partial charge in [0.05, 0.1) is 23.1 Å². The van der Waals surface area contributed by atoms with Crippen LogP contribution in [0.15, 0.2) is 40.8 Å². The van der Waals surface area contributed by atoms with E-state index in [1.807, 2.05) is 11.8 Å². The molecule has 1 spiro atoms. The van der Waals surface area contributed by atoms with Gasteiger partial charge in [-0.25, -0.2) is 9.78 Å². The number of fused-ring (bicyclic) bond motifs is 5. The lowest BCUT2D eigenvalue weighted by Gasteiger charge is -2.63. The fraction of sp³-hybridized carbons (Fsp3) is 0.758. The molecule has 1 unspecified atom stereocenters. The number of aliphatic hydroxyl groups is 2. The van der Waals surface area contributed by atoms with Crippen LogP contribution < -0.4 is 4.90 Å². The molecule has 39 heavy (non-hydrogen) atoms. The van der Waals surface area contributed by atoms with Crippen molar-refractivity contribution in [2.45, 2.75) is 119 Å². The van der Waals surface area contributed by atoms with Crippen LogP contribution in [0.5, 0.6) is 0 Å². The van der Waals surface area contributed by atoms with Gasteiger partial charge in [-0.15, -0.1) is 11.8 Å². The molecule has 1 aromatic carbocycles. The second-order valence-corrected chi connectivity index (χ2v) is 15.8.